The fourth-order valence-corrected chi connectivity index (χ4v) is 3.88. The van der Waals surface area contributed by atoms with Crippen molar-refractivity contribution in [2.75, 3.05) is 12.3 Å². The highest BCUT2D eigenvalue weighted by atomic mass is 32.2. The number of anilines is 1. The van der Waals surface area contributed by atoms with Crippen molar-refractivity contribution in [1.29, 1.82) is 0 Å². The van der Waals surface area contributed by atoms with Gasteiger partial charge in [-0.05, 0) is 13.8 Å². The second-order valence-corrected chi connectivity index (χ2v) is 6.39. The number of carbonyl (C=O) groups excluding carboxylic acids is 2. The Labute approximate surface area is 115 Å². The van der Waals surface area contributed by atoms with E-state index in [4.69, 9.17) is 5.73 Å². The number of aromatic nitrogens is 2. The molecule has 1 saturated heterocycles. The molecule has 0 spiro atoms. The number of nitrogen functional groups attached to an aromatic ring is 1. The van der Waals surface area contributed by atoms with Gasteiger partial charge >= 0.3 is 0 Å². The molecule has 20 heavy (non-hydrogen) atoms. The van der Waals surface area contributed by atoms with Gasteiger partial charge in [0.2, 0.25) is 21.8 Å². The maximum absolute atomic E-state index is 12.6. The summed E-state index contributed by atoms with van der Waals surface area (Å²) < 4.78 is 27.4. The molecule has 1 unspecified atom stereocenters. The third-order valence-corrected chi connectivity index (χ3v) is 5.33. The lowest BCUT2D eigenvalue weighted by Crippen LogP contribution is -2.58. The fourth-order valence-electron chi connectivity index (χ4n) is 2.03. The molecule has 0 aromatic carbocycles. The number of hydrogen-bond acceptors (Lipinski definition) is 6. The summed E-state index contributed by atoms with van der Waals surface area (Å²) in [6, 6.07) is -0.989. The Hall–Kier alpha value is -1.94. The summed E-state index contributed by atoms with van der Waals surface area (Å²) in [5, 5.41) is 5.92. The fraction of sp³-hybridized carbons (Fsp3) is 0.500. The predicted octanol–water partition coefficient (Wildman–Crippen LogP) is -1.65. The van der Waals surface area contributed by atoms with Crippen molar-refractivity contribution < 1.29 is 18.0 Å². The monoisotopic (exact) mass is 301 g/mol. The maximum atomic E-state index is 12.6. The molecule has 10 heteroatoms. The number of piperazine rings is 1. The van der Waals surface area contributed by atoms with Crippen LogP contribution in [-0.2, 0) is 26.7 Å². The van der Waals surface area contributed by atoms with Crippen LogP contribution in [0, 0.1) is 6.92 Å². The first-order chi connectivity index (χ1) is 9.16. The van der Waals surface area contributed by atoms with Gasteiger partial charge in [-0.15, -0.1) is 0 Å². The van der Waals surface area contributed by atoms with E-state index in [0.29, 0.717) is 5.69 Å². The summed E-state index contributed by atoms with van der Waals surface area (Å²) >= 11 is 0. The summed E-state index contributed by atoms with van der Waals surface area (Å²) in [5.74, 6) is -1.49. The van der Waals surface area contributed by atoms with E-state index in [1.54, 1.807) is 14.0 Å². The van der Waals surface area contributed by atoms with Crippen molar-refractivity contribution >= 4 is 27.7 Å². The Morgan fingerprint density at radius 1 is 1.40 bits per heavy atom. The van der Waals surface area contributed by atoms with E-state index in [1.165, 1.54) is 11.6 Å². The molecule has 1 atom stereocenters. The molecule has 0 saturated carbocycles. The third kappa shape index (κ3) is 2.06. The molecule has 9 nitrogen and oxygen atoms in total. The molecule has 0 aliphatic carbocycles. The number of sulfonamides is 1. The van der Waals surface area contributed by atoms with Crippen LogP contribution in [0.5, 0.6) is 0 Å². The van der Waals surface area contributed by atoms with Crippen LogP contribution in [0.4, 0.5) is 5.82 Å². The predicted molar refractivity (Wildman–Crippen MR) is 68.9 cm³/mol. The smallest absolute Gasteiger partial charge is 0.249 e. The summed E-state index contributed by atoms with van der Waals surface area (Å²) in [7, 11) is -2.52. The number of imide groups is 1. The van der Waals surface area contributed by atoms with Crippen LogP contribution in [0.2, 0.25) is 0 Å². The van der Waals surface area contributed by atoms with Crippen LogP contribution in [0.25, 0.3) is 0 Å². The van der Waals surface area contributed by atoms with Crippen molar-refractivity contribution in [1.82, 2.24) is 19.4 Å². The Morgan fingerprint density at radius 2 is 2.00 bits per heavy atom. The van der Waals surface area contributed by atoms with Gasteiger partial charge < -0.3 is 5.73 Å². The zero-order valence-electron chi connectivity index (χ0n) is 11.2. The molecule has 0 radical (unpaired) electrons. The van der Waals surface area contributed by atoms with Crippen LogP contribution in [0.3, 0.4) is 0 Å². The van der Waals surface area contributed by atoms with Crippen LogP contribution in [-0.4, -0.2) is 46.9 Å². The van der Waals surface area contributed by atoms with E-state index in [2.05, 4.69) is 10.4 Å². The van der Waals surface area contributed by atoms with E-state index in [0.717, 1.165) is 4.31 Å². The van der Waals surface area contributed by atoms with Crippen LogP contribution in [0.15, 0.2) is 4.90 Å². The first-order valence-corrected chi connectivity index (χ1v) is 7.25. The largest absolute Gasteiger partial charge is 0.381 e. The average molecular weight is 301 g/mol. The number of amides is 2. The van der Waals surface area contributed by atoms with E-state index in [-0.39, 0.29) is 10.7 Å². The van der Waals surface area contributed by atoms with Crippen molar-refractivity contribution in [2.45, 2.75) is 24.8 Å². The average Bonchev–Trinajstić information content (AvgIpc) is 2.58. The van der Waals surface area contributed by atoms with Gasteiger partial charge in [0.15, 0.2) is 5.82 Å². The van der Waals surface area contributed by atoms with E-state index in [1.807, 2.05) is 0 Å². The zero-order valence-corrected chi connectivity index (χ0v) is 12.1. The van der Waals surface area contributed by atoms with Gasteiger partial charge in [0.1, 0.15) is 10.9 Å². The maximum Gasteiger partial charge on any atom is 0.249 e. The lowest BCUT2D eigenvalue weighted by atomic mass is 10.2. The first-order valence-electron chi connectivity index (χ1n) is 5.81. The molecule has 1 aliphatic heterocycles. The van der Waals surface area contributed by atoms with Crippen molar-refractivity contribution in [2.24, 2.45) is 7.05 Å². The third-order valence-electron chi connectivity index (χ3n) is 3.24. The number of hydrogen-bond donors (Lipinski definition) is 2. The van der Waals surface area contributed by atoms with Gasteiger partial charge in [0.25, 0.3) is 0 Å². The molecule has 1 aromatic rings. The Kier molecular flexibility index (Phi) is 3.30. The summed E-state index contributed by atoms with van der Waals surface area (Å²) in [4.78, 5) is 22.8. The van der Waals surface area contributed by atoms with Crippen LogP contribution < -0.4 is 11.1 Å². The molecule has 1 aliphatic rings. The van der Waals surface area contributed by atoms with E-state index >= 15 is 0 Å². The highest BCUT2D eigenvalue weighted by Gasteiger charge is 2.41. The minimum atomic E-state index is -4.07. The molecule has 1 aromatic heterocycles. The van der Waals surface area contributed by atoms with Crippen molar-refractivity contribution in [3.8, 4) is 0 Å². The lowest BCUT2D eigenvalue weighted by Gasteiger charge is -2.30. The molecule has 2 amide bonds. The highest BCUT2D eigenvalue weighted by molar-refractivity contribution is 7.89. The Bertz CT molecular complexity index is 693. The highest BCUT2D eigenvalue weighted by Crippen LogP contribution is 2.27. The molecule has 110 valence electrons. The molecular formula is C10H15N5O4S. The number of nitrogens with two attached hydrogens (primary N) is 1. The zero-order chi connectivity index (χ0) is 15.2. The molecule has 0 bridgehead atoms. The minimum Gasteiger partial charge on any atom is -0.381 e. The second-order valence-electron chi connectivity index (χ2n) is 4.56. The van der Waals surface area contributed by atoms with Gasteiger partial charge in [-0.2, -0.15) is 9.40 Å². The van der Waals surface area contributed by atoms with Crippen LogP contribution >= 0.6 is 0 Å². The standard InChI is InChI=1S/C10H15N5O4S/c1-5-8(9(11)13-14(5)3)20(18,19)15-4-7(16)12-10(17)6(15)2/h6H,4H2,1-3H3,(H2,11,13)(H,12,16,17). The number of nitrogens with zero attached hydrogens (tertiary/aromatic N) is 3. The molecule has 1 fully saturated rings. The topological polar surface area (TPSA) is 127 Å². The summed E-state index contributed by atoms with van der Waals surface area (Å²) in [6.07, 6.45) is 0. The number of carbonyl (C=O) groups is 2. The van der Waals surface area contributed by atoms with Crippen molar-refractivity contribution in [3.05, 3.63) is 5.69 Å². The van der Waals surface area contributed by atoms with Gasteiger partial charge in [-0.1, -0.05) is 0 Å². The quantitative estimate of drug-likeness (QED) is 0.630. The summed E-state index contributed by atoms with van der Waals surface area (Å²) in [6.45, 7) is 2.52. The van der Waals surface area contributed by atoms with Gasteiger partial charge in [-0.25, -0.2) is 8.42 Å². The Morgan fingerprint density at radius 3 is 2.50 bits per heavy atom. The molecule has 2 heterocycles. The minimum absolute atomic E-state index is 0.157. The number of nitrogens with one attached hydrogen (secondary N) is 1. The van der Waals surface area contributed by atoms with Crippen molar-refractivity contribution in [3.63, 3.8) is 0 Å². The van der Waals surface area contributed by atoms with Crippen LogP contribution in [0.1, 0.15) is 12.6 Å². The first kappa shape index (κ1) is 14.5. The lowest BCUT2D eigenvalue weighted by molar-refractivity contribution is -0.136. The van der Waals surface area contributed by atoms with E-state index in [9.17, 15) is 18.0 Å². The second kappa shape index (κ2) is 4.56. The number of aryl methyl sites for hydroxylation is 1. The number of rotatable bonds is 2. The van der Waals surface area contributed by atoms with Gasteiger partial charge in [0, 0.05) is 7.05 Å². The molecular weight excluding hydrogens is 286 g/mol. The Balaban J connectivity index is 2.54. The summed E-state index contributed by atoms with van der Waals surface area (Å²) in [5.41, 5.74) is 5.97. The van der Waals surface area contributed by atoms with Gasteiger partial charge in [-0.3, -0.25) is 19.6 Å². The normalized spacial score (nSPS) is 21.1. The molecule has 2 rings (SSSR count). The van der Waals surface area contributed by atoms with E-state index < -0.39 is 34.4 Å². The van der Waals surface area contributed by atoms with Gasteiger partial charge in [0.05, 0.1) is 12.2 Å². The SMILES string of the molecule is Cc1c(S(=O)(=O)N2CC(=O)NC(=O)C2C)c(N)nn1C. The molecule has 3 N–H and O–H groups in total.